The van der Waals surface area contributed by atoms with E-state index in [2.05, 4.69) is 0 Å². The highest BCUT2D eigenvalue weighted by Gasteiger charge is 2.32. The van der Waals surface area contributed by atoms with E-state index in [0.717, 1.165) is 0 Å². The molecule has 2 aromatic rings. The van der Waals surface area contributed by atoms with Crippen molar-refractivity contribution in [3.8, 4) is 17.2 Å². The van der Waals surface area contributed by atoms with Gasteiger partial charge in [0.15, 0.2) is 11.5 Å². The van der Waals surface area contributed by atoms with E-state index in [1.54, 1.807) is 35.2 Å². The van der Waals surface area contributed by atoms with Crippen LogP contribution in [0.5, 0.6) is 17.2 Å². The molecule has 1 amide bonds. The van der Waals surface area contributed by atoms with Crippen LogP contribution in [-0.2, 0) is 14.3 Å². The standard InChI is InChI=1S/C22H25NO7/c1-26-17-10-9-16(19(27-2)20(17)28-3)22(25)30-18(15-7-5-4-6-8-15)21(24)23-11-13-29-14-12-23/h4-10,18H,11-14H2,1-3H3/t18-/m0/s1. The minimum atomic E-state index is -1.09. The number of methoxy groups -OCH3 is 3. The average Bonchev–Trinajstić information content (AvgIpc) is 2.81. The quantitative estimate of drug-likeness (QED) is 0.643. The van der Waals surface area contributed by atoms with Crippen molar-refractivity contribution in [3.05, 3.63) is 53.6 Å². The molecule has 0 radical (unpaired) electrons. The Labute approximate surface area is 175 Å². The summed E-state index contributed by atoms with van der Waals surface area (Å²) in [5, 5.41) is 0. The highest BCUT2D eigenvalue weighted by atomic mass is 16.6. The highest BCUT2D eigenvalue weighted by Crippen LogP contribution is 2.40. The molecule has 160 valence electrons. The molecule has 2 aromatic carbocycles. The molecule has 3 rings (SSSR count). The van der Waals surface area contributed by atoms with Crippen molar-refractivity contribution in [1.82, 2.24) is 4.90 Å². The Bertz CT molecular complexity index is 879. The second-order valence-electron chi connectivity index (χ2n) is 6.52. The maximum Gasteiger partial charge on any atom is 0.343 e. The summed E-state index contributed by atoms with van der Waals surface area (Å²) in [5.41, 5.74) is 0.715. The topological polar surface area (TPSA) is 83.5 Å². The molecular weight excluding hydrogens is 390 g/mol. The van der Waals surface area contributed by atoms with E-state index in [4.69, 9.17) is 23.7 Å². The molecule has 8 nitrogen and oxygen atoms in total. The first-order valence-corrected chi connectivity index (χ1v) is 9.52. The van der Waals surface area contributed by atoms with Crippen LogP contribution in [0.3, 0.4) is 0 Å². The van der Waals surface area contributed by atoms with Crippen molar-refractivity contribution in [1.29, 1.82) is 0 Å². The Hall–Kier alpha value is -3.26. The number of esters is 1. The molecule has 0 bridgehead atoms. The molecule has 30 heavy (non-hydrogen) atoms. The largest absolute Gasteiger partial charge is 0.493 e. The van der Waals surface area contributed by atoms with Crippen molar-refractivity contribution in [2.45, 2.75) is 6.10 Å². The second kappa shape index (κ2) is 9.98. The Kier molecular flexibility index (Phi) is 7.13. The molecule has 0 saturated carbocycles. The molecule has 1 aliphatic heterocycles. The third kappa shape index (κ3) is 4.49. The zero-order valence-electron chi connectivity index (χ0n) is 17.3. The van der Waals surface area contributed by atoms with Crippen LogP contribution in [-0.4, -0.2) is 64.4 Å². The van der Waals surface area contributed by atoms with Gasteiger partial charge in [-0.25, -0.2) is 4.79 Å². The number of amides is 1. The number of nitrogens with zero attached hydrogens (tertiary/aromatic N) is 1. The van der Waals surface area contributed by atoms with Gasteiger partial charge >= 0.3 is 5.97 Å². The molecule has 1 saturated heterocycles. The second-order valence-corrected chi connectivity index (χ2v) is 6.52. The summed E-state index contributed by atoms with van der Waals surface area (Å²) in [6.07, 6.45) is -1.09. The third-order valence-corrected chi connectivity index (χ3v) is 4.80. The first-order valence-electron chi connectivity index (χ1n) is 9.52. The molecule has 1 fully saturated rings. The van der Waals surface area contributed by atoms with Crippen molar-refractivity contribution < 1.29 is 33.3 Å². The lowest BCUT2D eigenvalue weighted by atomic mass is 10.1. The summed E-state index contributed by atoms with van der Waals surface area (Å²) < 4.78 is 27.0. The third-order valence-electron chi connectivity index (χ3n) is 4.80. The summed E-state index contributed by atoms with van der Waals surface area (Å²) in [5.74, 6) is -0.145. The van der Waals surface area contributed by atoms with Gasteiger partial charge in [0, 0.05) is 18.7 Å². The van der Waals surface area contributed by atoms with Gasteiger partial charge < -0.3 is 28.6 Å². The van der Waals surface area contributed by atoms with Gasteiger partial charge in [0.05, 0.1) is 34.5 Å². The van der Waals surface area contributed by atoms with Crippen molar-refractivity contribution in [2.24, 2.45) is 0 Å². The molecule has 0 unspecified atom stereocenters. The number of carbonyl (C=O) groups is 2. The highest BCUT2D eigenvalue weighted by molar-refractivity contribution is 5.96. The summed E-state index contributed by atoms with van der Waals surface area (Å²) >= 11 is 0. The van der Waals surface area contributed by atoms with Gasteiger partial charge in [0.2, 0.25) is 11.9 Å². The molecule has 0 aliphatic carbocycles. The van der Waals surface area contributed by atoms with Gasteiger partial charge in [-0.3, -0.25) is 4.79 Å². The first kappa shape index (κ1) is 21.4. The predicted octanol–water partition coefficient (Wildman–Crippen LogP) is 2.47. The van der Waals surface area contributed by atoms with Crippen molar-refractivity contribution >= 4 is 11.9 Å². The Morgan fingerprint density at radius 1 is 0.900 bits per heavy atom. The Balaban J connectivity index is 1.93. The van der Waals surface area contributed by atoms with Gasteiger partial charge in [0.25, 0.3) is 5.91 Å². The number of morpholine rings is 1. The van der Waals surface area contributed by atoms with Gasteiger partial charge in [-0.2, -0.15) is 0 Å². The van der Waals surface area contributed by atoms with Crippen LogP contribution in [0.25, 0.3) is 0 Å². The maximum absolute atomic E-state index is 13.2. The monoisotopic (exact) mass is 415 g/mol. The number of rotatable bonds is 7. The van der Waals surface area contributed by atoms with Crippen molar-refractivity contribution in [3.63, 3.8) is 0 Å². The van der Waals surface area contributed by atoms with Crippen molar-refractivity contribution in [2.75, 3.05) is 47.6 Å². The van der Waals surface area contributed by atoms with E-state index in [9.17, 15) is 9.59 Å². The zero-order valence-corrected chi connectivity index (χ0v) is 17.3. The fraction of sp³-hybridized carbons (Fsp3) is 0.364. The number of benzene rings is 2. The van der Waals surface area contributed by atoms with E-state index < -0.39 is 12.1 Å². The molecule has 0 spiro atoms. The Morgan fingerprint density at radius 3 is 2.17 bits per heavy atom. The summed E-state index contributed by atoms with van der Waals surface area (Å²) in [6.45, 7) is 1.79. The molecule has 8 heteroatoms. The first-order chi connectivity index (χ1) is 14.6. The summed E-state index contributed by atoms with van der Waals surface area (Å²) in [4.78, 5) is 27.9. The Morgan fingerprint density at radius 2 is 1.57 bits per heavy atom. The van der Waals surface area contributed by atoms with Crippen LogP contribution in [0, 0.1) is 0 Å². The number of carbonyl (C=O) groups excluding carboxylic acids is 2. The molecule has 0 N–H and O–H groups in total. The zero-order chi connectivity index (χ0) is 21.5. The normalized spacial score (nSPS) is 14.6. The molecule has 1 heterocycles. The van der Waals surface area contributed by atoms with Crippen LogP contribution >= 0.6 is 0 Å². The minimum Gasteiger partial charge on any atom is -0.493 e. The summed E-state index contributed by atoms with van der Waals surface area (Å²) in [6, 6.07) is 12.0. The van der Waals surface area contributed by atoms with E-state index in [1.165, 1.54) is 27.4 Å². The van der Waals surface area contributed by atoms with Crippen LogP contribution < -0.4 is 14.2 Å². The van der Waals surface area contributed by atoms with E-state index >= 15 is 0 Å². The number of hydrogen-bond acceptors (Lipinski definition) is 7. The van der Waals surface area contributed by atoms with Crippen LogP contribution in [0.15, 0.2) is 42.5 Å². The van der Waals surface area contributed by atoms with E-state index in [-0.39, 0.29) is 23.0 Å². The molecular formula is C22H25NO7. The van der Waals surface area contributed by atoms with Crippen LogP contribution in [0.2, 0.25) is 0 Å². The van der Waals surface area contributed by atoms with E-state index in [1.807, 2.05) is 6.07 Å². The maximum atomic E-state index is 13.2. The molecule has 1 atom stereocenters. The van der Waals surface area contributed by atoms with Gasteiger partial charge in [-0.1, -0.05) is 30.3 Å². The lowest BCUT2D eigenvalue weighted by Crippen LogP contribution is -2.44. The molecule has 1 aliphatic rings. The predicted molar refractivity (Wildman–Crippen MR) is 108 cm³/mol. The number of ether oxygens (including phenoxy) is 5. The van der Waals surface area contributed by atoms with Crippen LogP contribution in [0.4, 0.5) is 0 Å². The van der Waals surface area contributed by atoms with Crippen LogP contribution in [0.1, 0.15) is 22.0 Å². The smallest absolute Gasteiger partial charge is 0.343 e. The SMILES string of the molecule is COc1ccc(C(=O)O[C@H](C(=O)N2CCOCC2)c2ccccc2)c(OC)c1OC. The van der Waals surface area contributed by atoms with E-state index in [0.29, 0.717) is 37.6 Å². The number of hydrogen-bond donors (Lipinski definition) is 0. The average molecular weight is 415 g/mol. The van der Waals surface area contributed by atoms with Gasteiger partial charge in [0.1, 0.15) is 5.56 Å². The molecule has 0 aromatic heterocycles. The van der Waals surface area contributed by atoms with Gasteiger partial charge in [-0.15, -0.1) is 0 Å². The fourth-order valence-electron chi connectivity index (χ4n) is 3.27. The lowest BCUT2D eigenvalue weighted by molar-refractivity contribution is -0.145. The summed E-state index contributed by atoms with van der Waals surface area (Å²) in [7, 11) is 4.35. The lowest BCUT2D eigenvalue weighted by Gasteiger charge is -2.30. The fourth-order valence-corrected chi connectivity index (χ4v) is 3.27. The minimum absolute atomic E-state index is 0.130. The van der Waals surface area contributed by atoms with Gasteiger partial charge in [-0.05, 0) is 12.1 Å².